The Morgan fingerprint density at radius 2 is 1.97 bits per heavy atom. The summed E-state index contributed by atoms with van der Waals surface area (Å²) in [6.45, 7) is 11.0. The largest absolute Gasteiger partial charge is 0.490 e. The third-order valence-corrected chi connectivity index (χ3v) is 9.18. The molecule has 2 aliphatic carbocycles. The van der Waals surface area contributed by atoms with E-state index in [9.17, 15) is 4.79 Å². The standard InChI is InChI=1S/C28H39N5O2/c1-27(2)20-10-12-28(27,3)24(18-20)32-25(34)19-21-11-13-29-26(30-21)31-22-8-4-5-9-23(22)35-17-16-33-14-6-7-15-33/h4-5,8-9,11,13,20,24H,6-7,10,12,14-19H2,1-3H3,(H,32,34)(H,29,30,31). The average molecular weight is 478 g/mol. The highest BCUT2D eigenvalue weighted by molar-refractivity contribution is 5.78. The van der Waals surface area contributed by atoms with Crippen LogP contribution in [0.15, 0.2) is 36.5 Å². The summed E-state index contributed by atoms with van der Waals surface area (Å²) >= 11 is 0. The first-order valence-electron chi connectivity index (χ1n) is 13.2. The van der Waals surface area contributed by atoms with Crippen LogP contribution >= 0.6 is 0 Å². The van der Waals surface area contributed by atoms with E-state index in [1.165, 1.54) is 25.7 Å². The van der Waals surface area contributed by atoms with Crippen molar-refractivity contribution in [3.8, 4) is 5.75 Å². The molecule has 3 aliphatic rings. The van der Waals surface area contributed by atoms with Gasteiger partial charge < -0.3 is 15.4 Å². The number of rotatable bonds is 9. The Bertz CT molecular complexity index is 1050. The van der Waals surface area contributed by atoms with Gasteiger partial charge in [0.15, 0.2) is 0 Å². The maximum Gasteiger partial charge on any atom is 0.227 e. The SMILES string of the molecule is CC1(C)C2CCC1(C)C(NC(=O)Cc1ccnc(Nc3ccccc3OCCN3CCCC3)n1)C2. The minimum Gasteiger partial charge on any atom is -0.490 e. The van der Waals surface area contributed by atoms with Crippen molar-refractivity contribution in [1.29, 1.82) is 0 Å². The summed E-state index contributed by atoms with van der Waals surface area (Å²) in [5.41, 5.74) is 1.98. The number of nitrogens with zero attached hydrogens (tertiary/aromatic N) is 3. The van der Waals surface area contributed by atoms with Gasteiger partial charge in [-0.05, 0) is 80.1 Å². The molecule has 5 rings (SSSR count). The van der Waals surface area contributed by atoms with Crippen LogP contribution in [0.1, 0.15) is 58.6 Å². The average Bonchev–Trinajstić information content (AvgIpc) is 3.47. The molecule has 2 saturated carbocycles. The molecule has 1 aliphatic heterocycles. The lowest BCUT2D eigenvalue weighted by Gasteiger charge is -2.39. The quantitative estimate of drug-likeness (QED) is 0.551. The van der Waals surface area contributed by atoms with Crippen molar-refractivity contribution < 1.29 is 9.53 Å². The van der Waals surface area contributed by atoms with Crippen LogP contribution in [0.25, 0.3) is 0 Å². The molecule has 7 nitrogen and oxygen atoms in total. The number of ether oxygens (including phenoxy) is 1. The maximum atomic E-state index is 12.9. The molecule has 188 valence electrons. The molecule has 3 fully saturated rings. The van der Waals surface area contributed by atoms with E-state index in [0.717, 1.165) is 37.5 Å². The minimum atomic E-state index is 0.0369. The van der Waals surface area contributed by atoms with Crippen LogP contribution in [0.3, 0.4) is 0 Å². The van der Waals surface area contributed by atoms with Gasteiger partial charge in [0.2, 0.25) is 11.9 Å². The lowest BCUT2D eigenvalue weighted by molar-refractivity contribution is -0.122. The zero-order valence-electron chi connectivity index (χ0n) is 21.3. The zero-order valence-corrected chi connectivity index (χ0v) is 21.3. The molecule has 2 bridgehead atoms. The molecule has 1 saturated heterocycles. The van der Waals surface area contributed by atoms with E-state index in [1.807, 2.05) is 30.3 Å². The van der Waals surface area contributed by atoms with Crippen molar-refractivity contribution in [2.75, 3.05) is 31.6 Å². The molecule has 2 N–H and O–H groups in total. The number of aromatic nitrogens is 2. The Labute approximate surface area is 209 Å². The van der Waals surface area contributed by atoms with Gasteiger partial charge in [-0.3, -0.25) is 9.69 Å². The van der Waals surface area contributed by atoms with Gasteiger partial charge in [-0.25, -0.2) is 9.97 Å². The van der Waals surface area contributed by atoms with Crippen LogP contribution in [0.2, 0.25) is 0 Å². The van der Waals surface area contributed by atoms with Crippen molar-refractivity contribution in [3.05, 3.63) is 42.2 Å². The monoisotopic (exact) mass is 477 g/mol. The van der Waals surface area contributed by atoms with E-state index in [4.69, 9.17) is 4.74 Å². The number of likely N-dealkylation sites (tertiary alicyclic amines) is 1. The number of carbonyl (C=O) groups is 1. The van der Waals surface area contributed by atoms with Gasteiger partial charge in [-0.1, -0.05) is 32.9 Å². The Hall–Kier alpha value is -2.67. The summed E-state index contributed by atoms with van der Waals surface area (Å²) < 4.78 is 6.07. The van der Waals surface area contributed by atoms with Gasteiger partial charge in [0.1, 0.15) is 12.4 Å². The molecule has 2 aromatic rings. The highest BCUT2D eigenvalue weighted by Gasteiger charge is 2.61. The van der Waals surface area contributed by atoms with Crippen LogP contribution in [-0.2, 0) is 11.2 Å². The van der Waals surface area contributed by atoms with E-state index >= 15 is 0 Å². The van der Waals surface area contributed by atoms with Gasteiger partial charge in [-0.15, -0.1) is 0 Å². The molecular weight excluding hydrogens is 438 g/mol. The second-order valence-corrected chi connectivity index (χ2v) is 11.3. The van der Waals surface area contributed by atoms with Crippen LogP contribution in [0, 0.1) is 16.7 Å². The van der Waals surface area contributed by atoms with E-state index in [1.54, 1.807) is 6.20 Å². The van der Waals surface area contributed by atoms with Crippen molar-refractivity contribution in [1.82, 2.24) is 20.2 Å². The fourth-order valence-electron chi connectivity index (χ4n) is 6.49. The highest BCUT2D eigenvalue weighted by atomic mass is 16.5. The van der Waals surface area contributed by atoms with E-state index in [2.05, 4.69) is 46.3 Å². The zero-order chi connectivity index (χ0) is 24.5. The van der Waals surface area contributed by atoms with E-state index in [-0.39, 0.29) is 29.2 Å². The minimum absolute atomic E-state index is 0.0369. The first kappa shape index (κ1) is 24.0. The molecule has 0 radical (unpaired) electrons. The van der Waals surface area contributed by atoms with Gasteiger partial charge >= 0.3 is 0 Å². The number of amides is 1. The van der Waals surface area contributed by atoms with Crippen molar-refractivity contribution in [2.24, 2.45) is 16.7 Å². The Morgan fingerprint density at radius 3 is 2.71 bits per heavy atom. The van der Waals surface area contributed by atoms with E-state index < -0.39 is 0 Å². The number of para-hydroxylation sites is 2. The second-order valence-electron chi connectivity index (χ2n) is 11.3. The molecule has 1 aromatic carbocycles. The molecule has 0 spiro atoms. The maximum absolute atomic E-state index is 12.9. The van der Waals surface area contributed by atoms with Crippen molar-refractivity contribution >= 4 is 17.5 Å². The normalized spacial score (nSPS) is 27.2. The van der Waals surface area contributed by atoms with Gasteiger partial charge in [0, 0.05) is 18.8 Å². The summed E-state index contributed by atoms with van der Waals surface area (Å²) in [6, 6.07) is 9.91. The number of anilines is 2. The first-order chi connectivity index (χ1) is 16.8. The van der Waals surface area contributed by atoms with E-state index in [0.29, 0.717) is 24.2 Å². The molecule has 1 aromatic heterocycles. The fraction of sp³-hybridized carbons (Fsp3) is 0.607. The summed E-state index contributed by atoms with van der Waals surface area (Å²) in [7, 11) is 0. The first-order valence-corrected chi connectivity index (χ1v) is 13.2. The van der Waals surface area contributed by atoms with Gasteiger partial charge in [-0.2, -0.15) is 0 Å². The number of fused-ring (bicyclic) bond motifs is 2. The van der Waals surface area contributed by atoms with Crippen molar-refractivity contribution in [3.63, 3.8) is 0 Å². The number of benzene rings is 1. The second kappa shape index (κ2) is 9.76. The van der Waals surface area contributed by atoms with Gasteiger partial charge in [0.05, 0.1) is 17.8 Å². The van der Waals surface area contributed by atoms with Crippen molar-refractivity contribution in [2.45, 2.75) is 65.3 Å². The lowest BCUT2D eigenvalue weighted by Crippen LogP contribution is -2.47. The third-order valence-electron chi connectivity index (χ3n) is 9.18. The molecule has 35 heavy (non-hydrogen) atoms. The lowest BCUT2D eigenvalue weighted by atomic mass is 9.69. The van der Waals surface area contributed by atoms with Gasteiger partial charge in [0.25, 0.3) is 0 Å². The molecule has 3 atom stereocenters. The summed E-state index contributed by atoms with van der Waals surface area (Å²) in [5.74, 6) is 1.99. The molecule has 2 heterocycles. The topological polar surface area (TPSA) is 79.4 Å². The van der Waals surface area contributed by atoms with Crippen LogP contribution in [0.4, 0.5) is 11.6 Å². The smallest absolute Gasteiger partial charge is 0.227 e. The number of hydrogen-bond donors (Lipinski definition) is 2. The summed E-state index contributed by atoms with van der Waals surface area (Å²) in [5, 5.41) is 6.62. The Kier molecular flexibility index (Phi) is 6.71. The van der Waals surface area contributed by atoms with Crippen LogP contribution in [-0.4, -0.2) is 53.1 Å². The number of carbonyl (C=O) groups excluding carboxylic acids is 1. The number of nitrogens with one attached hydrogen (secondary N) is 2. The summed E-state index contributed by atoms with van der Waals surface area (Å²) in [6.07, 6.45) is 8.07. The number of hydrogen-bond acceptors (Lipinski definition) is 6. The summed E-state index contributed by atoms with van der Waals surface area (Å²) in [4.78, 5) is 24.4. The highest BCUT2D eigenvalue weighted by Crippen LogP contribution is 2.65. The van der Waals surface area contributed by atoms with Crippen LogP contribution < -0.4 is 15.4 Å². The molecule has 3 unspecified atom stereocenters. The molecule has 7 heteroatoms. The van der Waals surface area contributed by atoms with Crippen LogP contribution in [0.5, 0.6) is 5.75 Å². The fourth-order valence-corrected chi connectivity index (χ4v) is 6.49. The third kappa shape index (κ3) is 4.88. The predicted molar refractivity (Wildman–Crippen MR) is 138 cm³/mol. The predicted octanol–water partition coefficient (Wildman–Crippen LogP) is 4.57. The Morgan fingerprint density at radius 1 is 1.17 bits per heavy atom. The Balaban J connectivity index is 1.18. The molecule has 1 amide bonds. The molecular formula is C28H39N5O2.